The van der Waals surface area contributed by atoms with E-state index >= 15 is 0 Å². The second-order valence-electron chi connectivity index (χ2n) is 4.35. The summed E-state index contributed by atoms with van der Waals surface area (Å²) in [5.74, 6) is 3.13. The van der Waals surface area contributed by atoms with Crippen LogP contribution in [-0.4, -0.2) is 6.79 Å². The van der Waals surface area contributed by atoms with E-state index < -0.39 is 0 Å². The van der Waals surface area contributed by atoms with Crippen molar-refractivity contribution in [1.29, 1.82) is 0 Å². The Labute approximate surface area is 88.3 Å². The van der Waals surface area contributed by atoms with Gasteiger partial charge in [0.1, 0.15) is 11.5 Å². The van der Waals surface area contributed by atoms with Gasteiger partial charge in [0.2, 0.25) is 6.79 Å². The summed E-state index contributed by atoms with van der Waals surface area (Å²) >= 11 is 0. The molecule has 0 spiro atoms. The molecule has 0 N–H and O–H groups in total. The molecule has 0 aromatic heterocycles. The Hall–Kier alpha value is -1.64. The summed E-state index contributed by atoms with van der Waals surface area (Å²) in [4.78, 5) is 0. The molecule has 0 bridgehead atoms. The van der Waals surface area contributed by atoms with Crippen molar-refractivity contribution in [2.75, 3.05) is 6.79 Å². The van der Waals surface area contributed by atoms with E-state index in [-0.39, 0.29) is 5.41 Å². The lowest BCUT2D eigenvalue weighted by Crippen LogP contribution is -2.15. The number of hydrogen-bond acceptors (Lipinski definition) is 3. The smallest absolute Gasteiger partial charge is 0.231 e. The fourth-order valence-electron chi connectivity index (χ4n) is 1.91. The van der Waals surface area contributed by atoms with Crippen molar-refractivity contribution in [1.82, 2.24) is 0 Å². The number of ether oxygens (including phenoxy) is 3. The normalized spacial score (nSPS) is 20.0. The average Bonchev–Trinajstić information content (AvgIpc) is 2.69. The Morgan fingerprint density at radius 1 is 1.13 bits per heavy atom. The van der Waals surface area contributed by atoms with Gasteiger partial charge in [0.05, 0.1) is 5.41 Å². The van der Waals surface area contributed by atoms with Crippen molar-refractivity contribution in [3.63, 3.8) is 0 Å². The first-order chi connectivity index (χ1) is 7.09. The summed E-state index contributed by atoms with van der Waals surface area (Å²) in [5.41, 5.74) is 0.952. The summed E-state index contributed by atoms with van der Waals surface area (Å²) in [7, 11) is 0. The van der Waals surface area contributed by atoms with E-state index in [0.717, 1.165) is 28.6 Å². The molecule has 0 aliphatic carbocycles. The number of allylic oxidation sites excluding steroid dienone is 1. The molecule has 0 saturated heterocycles. The summed E-state index contributed by atoms with van der Waals surface area (Å²) in [5, 5.41) is 0. The zero-order chi connectivity index (χ0) is 10.6. The van der Waals surface area contributed by atoms with E-state index in [1.807, 2.05) is 12.1 Å². The monoisotopic (exact) mass is 204 g/mol. The van der Waals surface area contributed by atoms with E-state index in [1.165, 1.54) is 0 Å². The van der Waals surface area contributed by atoms with Gasteiger partial charge in [-0.2, -0.15) is 0 Å². The number of rotatable bonds is 0. The first kappa shape index (κ1) is 8.65. The highest BCUT2D eigenvalue weighted by Crippen LogP contribution is 2.49. The molecular weight excluding hydrogens is 192 g/mol. The van der Waals surface area contributed by atoms with Crippen LogP contribution in [0.5, 0.6) is 17.2 Å². The minimum Gasteiger partial charge on any atom is -0.461 e. The van der Waals surface area contributed by atoms with E-state index in [9.17, 15) is 0 Å². The number of fused-ring (bicyclic) bond motifs is 2. The Morgan fingerprint density at radius 3 is 2.53 bits per heavy atom. The maximum atomic E-state index is 5.62. The second kappa shape index (κ2) is 2.48. The molecule has 0 unspecified atom stereocenters. The third-order valence-electron chi connectivity index (χ3n) is 3.08. The average molecular weight is 204 g/mol. The minimum absolute atomic E-state index is 0.156. The van der Waals surface area contributed by atoms with Crippen LogP contribution in [0.4, 0.5) is 0 Å². The second-order valence-corrected chi connectivity index (χ2v) is 4.35. The van der Waals surface area contributed by atoms with Gasteiger partial charge in [0, 0.05) is 11.6 Å². The molecule has 0 amide bonds. The highest BCUT2D eigenvalue weighted by molar-refractivity contribution is 5.58. The van der Waals surface area contributed by atoms with E-state index in [1.54, 1.807) is 0 Å². The van der Waals surface area contributed by atoms with Gasteiger partial charge in [-0.3, -0.25) is 0 Å². The van der Waals surface area contributed by atoms with Gasteiger partial charge in [0.15, 0.2) is 11.5 Å². The molecule has 3 heteroatoms. The van der Waals surface area contributed by atoms with E-state index in [2.05, 4.69) is 20.4 Å². The van der Waals surface area contributed by atoms with Crippen molar-refractivity contribution < 1.29 is 14.2 Å². The van der Waals surface area contributed by atoms with Gasteiger partial charge in [0.25, 0.3) is 0 Å². The zero-order valence-electron chi connectivity index (χ0n) is 8.79. The topological polar surface area (TPSA) is 27.7 Å². The molecule has 0 radical (unpaired) electrons. The molecule has 2 heterocycles. The number of benzene rings is 1. The fraction of sp³-hybridized carbons (Fsp3) is 0.333. The number of hydrogen-bond donors (Lipinski definition) is 0. The predicted octanol–water partition coefficient (Wildman–Crippen LogP) is 2.60. The fourth-order valence-corrected chi connectivity index (χ4v) is 1.91. The van der Waals surface area contributed by atoms with Crippen molar-refractivity contribution in [2.24, 2.45) is 0 Å². The quantitative estimate of drug-likeness (QED) is 0.650. The third-order valence-corrected chi connectivity index (χ3v) is 3.08. The maximum absolute atomic E-state index is 5.62. The third kappa shape index (κ3) is 1.00. The molecule has 2 aliphatic heterocycles. The molecule has 2 aliphatic rings. The molecule has 78 valence electrons. The van der Waals surface area contributed by atoms with Crippen molar-refractivity contribution in [3.05, 3.63) is 30.0 Å². The van der Waals surface area contributed by atoms with Gasteiger partial charge >= 0.3 is 0 Å². The molecule has 0 atom stereocenters. The minimum atomic E-state index is -0.156. The highest BCUT2D eigenvalue weighted by atomic mass is 16.7. The lowest BCUT2D eigenvalue weighted by Gasteiger charge is -2.16. The summed E-state index contributed by atoms with van der Waals surface area (Å²) < 4.78 is 16.3. The van der Waals surface area contributed by atoms with Crippen LogP contribution in [0, 0.1) is 0 Å². The molecule has 15 heavy (non-hydrogen) atoms. The maximum Gasteiger partial charge on any atom is 0.231 e. The van der Waals surface area contributed by atoms with Gasteiger partial charge in [-0.05, 0) is 19.9 Å². The Balaban J connectivity index is 2.21. The summed E-state index contributed by atoms with van der Waals surface area (Å²) in [6, 6.07) is 3.85. The largest absolute Gasteiger partial charge is 0.461 e. The SMILES string of the molecule is C=C1Oc2cc3c(cc2C1(C)C)OCO3. The van der Waals surface area contributed by atoms with Gasteiger partial charge in [-0.25, -0.2) is 0 Å². The first-order valence-electron chi connectivity index (χ1n) is 4.90. The molecule has 1 aromatic rings. The zero-order valence-corrected chi connectivity index (χ0v) is 8.79. The van der Waals surface area contributed by atoms with Crippen LogP contribution in [0.3, 0.4) is 0 Å². The lowest BCUT2D eigenvalue weighted by molar-refractivity contribution is 0.173. The van der Waals surface area contributed by atoms with Gasteiger partial charge < -0.3 is 14.2 Å². The highest BCUT2D eigenvalue weighted by Gasteiger charge is 2.37. The van der Waals surface area contributed by atoms with Crippen molar-refractivity contribution >= 4 is 0 Å². The van der Waals surface area contributed by atoms with E-state index in [0.29, 0.717) is 6.79 Å². The molecule has 0 fully saturated rings. The van der Waals surface area contributed by atoms with Crippen LogP contribution in [-0.2, 0) is 5.41 Å². The van der Waals surface area contributed by atoms with Gasteiger partial charge in [-0.1, -0.05) is 6.58 Å². The van der Waals surface area contributed by atoms with E-state index in [4.69, 9.17) is 14.2 Å². The Kier molecular flexibility index (Phi) is 1.43. The van der Waals surface area contributed by atoms with Gasteiger partial charge in [-0.15, -0.1) is 0 Å². The van der Waals surface area contributed by atoms with Crippen LogP contribution in [0.15, 0.2) is 24.5 Å². The van der Waals surface area contributed by atoms with Crippen molar-refractivity contribution in [2.45, 2.75) is 19.3 Å². The Morgan fingerprint density at radius 2 is 1.80 bits per heavy atom. The first-order valence-corrected chi connectivity index (χ1v) is 4.90. The molecular formula is C12H12O3. The predicted molar refractivity (Wildman–Crippen MR) is 55.4 cm³/mol. The molecule has 0 saturated carbocycles. The van der Waals surface area contributed by atoms with Crippen molar-refractivity contribution in [3.8, 4) is 17.2 Å². The van der Waals surface area contributed by atoms with Crippen LogP contribution >= 0.6 is 0 Å². The standard InChI is InChI=1S/C12H12O3/c1-7-12(2,3)8-4-10-11(14-6-13-10)5-9(8)15-7/h4-5H,1,6H2,2-3H3. The van der Waals surface area contributed by atoms with Crippen LogP contribution in [0.1, 0.15) is 19.4 Å². The van der Waals surface area contributed by atoms with Crippen LogP contribution < -0.4 is 14.2 Å². The van der Waals surface area contributed by atoms with Crippen LogP contribution in [0.25, 0.3) is 0 Å². The molecule has 1 aromatic carbocycles. The summed E-state index contributed by atoms with van der Waals surface area (Å²) in [6.07, 6.45) is 0. The molecule has 3 nitrogen and oxygen atoms in total. The summed E-state index contributed by atoms with van der Waals surface area (Å²) in [6.45, 7) is 8.39. The lowest BCUT2D eigenvalue weighted by atomic mass is 9.84. The van der Waals surface area contributed by atoms with Crippen LogP contribution in [0.2, 0.25) is 0 Å². The Bertz CT molecular complexity index is 460. The molecule has 3 rings (SSSR count).